The van der Waals surface area contributed by atoms with E-state index in [4.69, 9.17) is 11.6 Å². The van der Waals surface area contributed by atoms with Crippen LogP contribution in [0.5, 0.6) is 0 Å². The molecule has 72 valence electrons. The summed E-state index contributed by atoms with van der Waals surface area (Å²) >= 11 is 5.74. The Morgan fingerprint density at radius 1 is 1.21 bits per heavy atom. The van der Waals surface area contributed by atoms with Gasteiger partial charge in [0.05, 0.1) is 24.3 Å². The first-order valence-electron chi connectivity index (χ1n) is 4.37. The van der Waals surface area contributed by atoms with E-state index < -0.39 is 0 Å². The van der Waals surface area contributed by atoms with Gasteiger partial charge in [0.25, 0.3) is 0 Å². The molecule has 0 bridgehead atoms. The van der Waals surface area contributed by atoms with Crippen LogP contribution in [0.1, 0.15) is 11.3 Å². The van der Waals surface area contributed by atoms with E-state index in [2.05, 4.69) is 22.4 Å². The zero-order valence-electron chi connectivity index (χ0n) is 7.60. The van der Waals surface area contributed by atoms with Crippen molar-refractivity contribution in [1.82, 2.24) is 15.0 Å². The predicted octanol–water partition coefficient (Wildman–Crippen LogP) is 2.07. The minimum absolute atomic E-state index is 0.444. The second-order valence-corrected chi connectivity index (χ2v) is 3.27. The number of aromatic nitrogens is 3. The van der Waals surface area contributed by atoms with Crippen LogP contribution in [0.3, 0.4) is 0 Å². The fourth-order valence-corrected chi connectivity index (χ4v) is 1.48. The molecule has 2 rings (SSSR count). The topological polar surface area (TPSA) is 30.7 Å². The molecule has 0 saturated carbocycles. The van der Waals surface area contributed by atoms with Crippen molar-refractivity contribution in [3.63, 3.8) is 0 Å². The molecule has 0 radical (unpaired) electrons. The van der Waals surface area contributed by atoms with Crippen LogP contribution in [0.4, 0.5) is 0 Å². The first-order valence-corrected chi connectivity index (χ1v) is 4.91. The molecule has 1 aromatic heterocycles. The molecule has 1 aromatic carbocycles. The molecular formula is C10H10ClN3. The van der Waals surface area contributed by atoms with Crippen LogP contribution in [0, 0.1) is 0 Å². The average Bonchev–Trinajstić information content (AvgIpc) is 2.67. The molecule has 3 nitrogen and oxygen atoms in total. The number of alkyl halides is 1. The van der Waals surface area contributed by atoms with Crippen molar-refractivity contribution in [2.45, 2.75) is 12.4 Å². The monoisotopic (exact) mass is 207 g/mol. The number of hydrogen-bond acceptors (Lipinski definition) is 2. The Labute approximate surface area is 87.3 Å². The Kier molecular flexibility index (Phi) is 2.79. The number of benzene rings is 1. The van der Waals surface area contributed by atoms with Crippen LogP contribution in [0.25, 0.3) is 0 Å². The first kappa shape index (κ1) is 9.21. The lowest BCUT2D eigenvalue weighted by molar-refractivity contribution is 0.630. The van der Waals surface area contributed by atoms with E-state index >= 15 is 0 Å². The van der Waals surface area contributed by atoms with Crippen LogP contribution >= 0.6 is 11.6 Å². The minimum Gasteiger partial charge on any atom is -0.244 e. The van der Waals surface area contributed by atoms with Crippen molar-refractivity contribution >= 4 is 11.6 Å². The van der Waals surface area contributed by atoms with Crippen molar-refractivity contribution in [2.24, 2.45) is 0 Å². The average molecular weight is 208 g/mol. The Hall–Kier alpha value is -1.35. The zero-order valence-corrected chi connectivity index (χ0v) is 8.35. The van der Waals surface area contributed by atoms with Crippen molar-refractivity contribution in [3.8, 4) is 0 Å². The van der Waals surface area contributed by atoms with E-state index in [-0.39, 0.29) is 0 Å². The fourth-order valence-electron chi connectivity index (χ4n) is 1.27. The quantitative estimate of drug-likeness (QED) is 0.722. The number of hydrogen-bond donors (Lipinski definition) is 0. The van der Waals surface area contributed by atoms with Gasteiger partial charge < -0.3 is 0 Å². The SMILES string of the molecule is ClCc1cnnn1Cc1ccccc1. The van der Waals surface area contributed by atoms with Gasteiger partial charge in [0.15, 0.2) is 0 Å². The molecule has 0 atom stereocenters. The Morgan fingerprint density at radius 3 is 2.71 bits per heavy atom. The lowest BCUT2D eigenvalue weighted by atomic mass is 10.2. The maximum absolute atomic E-state index is 5.74. The summed E-state index contributed by atoms with van der Waals surface area (Å²) in [4.78, 5) is 0. The largest absolute Gasteiger partial charge is 0.244 e. The molecule has 0 N–H and O–H groups in total. The Morgan fingerprint density at radius 2 is 2.00 bits per heavy atom. The third-order valence-electron chi connectivity index (χ3n) is 2.01. The highest BCUT2D eigenvalue weighted by molar-refractivity contribution is 6.16. The maximum Gasteiger partial charge on any atom is 0.0738 e. The van der Waals surface area contributed by atoms with E-state index in [1.165, 1.54) is 5.56 Å². The second-order valence-electron chi connectivity index (χ2n) is 3.00. The summed E-state index contributed by atoms with van der Waals surface area (Å²) in [6.07, 6.45) is 1.69. The summed E-state index contributed by atoms with van der Waals surface area (Å²) < 4.78 is 1.81. The molecule has 0 amide bonds. The van der Waals surface area contributed by atoms with Gasteiger partial charge >= 0.3 is 0 Å². The lowest BCUT2D eigenvalue weighted by Crippen LogP contribution is -2.05. The lowest BCUT2D eigenvalue weighted by Gasteiger charge is -2.03. The molecule has 0 aliphatic heterocycles. The highest BCUT2D eigenvalue weighted by Crippen LogP contribution is 2.05. The van der Waals surface area contributed by atoms with Crippen molar-refractivity contribution < 1.29 is 0 Å². The van der Waals surface area contributed by atoms with Crippen LogP contribution in [0.15, 0.2) is 36.5 Å². The molecule has 1 heterocycles. The molecule has 0 saturated heterocycles. The van der Waals surface area contributed by atoms with Gasteiger partial charge in [-0.1, -0.05) is 35.5 Å². The van der Waals surface area contributed by atoms with Crippen molar-refractivity contribution in [2.75, 3.05) is 0 Å². The summed E-state index contributed by atoms with van der Waals surface area (Å²) in [5.41, 5.74) is 2.14. The third kappa shape index (κ3) is 1.93. The molecule has 0 aliphatic rings. The van der Waals surface area contributed by atoms with Gasteiger partial charge in [-0.2, -0.15) is 0 Å². The minimum atomic E-state index is 0.444. The highest BCUT2D eigenvalue weighted by Gasteiger charge is 2.02. The summed E-state index contributed by atoms with van der Waals surface area (Å²) in [5, 5.41) is 7.78. The van der Waals surface area contributed by atoms with Crippen LogP contribution < -0.4 is 0 Å². The van der Waals surface area contributed by atoms with Crippen LogP contribution in [-0.4, -0.2) is 15.0 Å². The normalized spacial score (nSPS) is 10.4. The summed E-state index contributed by atoms with van der Waals surface area (Å²) in [6, 6.07) is 10.1. The highest BCUT2D eigenvalue weighted by atomic mass is 35.5. The molecule has 2 aromatic rings. The van der Waals surface area contributed by atoms with Gasteiger partial charge in [-0.05, 0) is 5.56 Å². The number of nitrogens with zero attached hydrogens (tertiary/aromatic N) is 3. The van der Waals surface area contributed by atoms with E-state index in [0.717, 1.165) is 12.2 Å². The Balaban J connectivity index is 2.19. The van der Waals surface area contributed by atoms with Gasteiger partial charge in [0.2, 0.25) is 0 Å². The second kappa shape index (κ2) is 4.24. The van der Waals surface area contributed by atoms with E-state index in [0.29, 0.717) is 5.88 Å². The predicted molar refractivity (Wildman–Crippen MR) is 55.1 cm³/mol. The fraction of sp³-hybridized carbons (Fsp3) is 0.200. The third-order valence-corrected chi connectivity index (χ3v) is 2.28. The molecule has 0 fully saturated rings. The van der Waals surface area contributed by atoms with Gasteiger partial charge in [-0.15, -0.1) is 16.7 Å². The number of halogens is 1. The summed E-state index contributed by atoms with van der Waals surface area (Å²) in [5.74, 6) is 0.444. The standard InChI is InChI=1S/C10H10ClN3/c11-6-10-7-12-13-14(10)8-9-4-2-1-3-5-9/h1-5,7H,6,8H2. The van der Waals surface area contributed by atoms with E-state index in [1.807, 2.05) is 22.9 Å². The first-order chi connectivity index (χ1) is 6.90. The number of rotatable bonds is 3. The zero-order chi connectivity index (χ0) is 9.80. The smallest absolute Gasteiger partial charge is 0.0738 e. The van der Waals surface area contributed by atoms with Gasteiger partial charge in [-0.3, -0.25) is 0 Å². The van der Waals surface area contributed by atoms with Crippen molar-refractivity contribution in [3.05, 3.63) is 47.8 Å². The van der Waals surface area contributed by atoms with Crippen LogP contribution in [0.2, 0.25) is 0 Å². The molecule has 0 aliphatic carbocycles. The maximum atomic E-state index is 5.74. The molecular weight excluding hydrogens is 198 g/mol. The molecule has 4 heteroatoms. The van der Waals surface area contributed by atoms with E-state index in [9.17, 15) is 0 Å². The van der Waals surface area contributed by atoms with Gasteiger partial charge in [-0.25, -0.2) is 4.68 Å². The van der Waals surface area contributed by atoms with E-state index in [1.54, 1.807) is 6.20 Å². The van der Waals surface area contributed by atoms with Gasteiger partial charge in [0, 0.05) is 0 Å². The molecule has 0 spiro atoms. The van der Waals surface area contributed by atoms with Crippen molar-refractivity contribution in [1.29, 1.82) is 0 Å². The summed E-state index contributed by atoms with van der Waals surface area (Å²) in [6.45, 7) is 0.725. The summed E-state index contributed by atoms with van der Waals surface area (Å²) in [7, 11) is 0. The van der Waals surface area contributed by atoms with Gasteiger partial charge in [0.1, 0.15) is 0 Å². The molecule has 0 unspecified atom stereocenters. The molecule has 14 heavy (non-hydrogen) atoms. The Bertz CT molecular complexity index is 397. The van der Waals surface area contributed by atoms with Crippen LogP contribution in [-0.2, 0) is 12.4 Å².